The summed E-state index contributed by atoms with van der Waals surface area (Å²) in [6, 6.07) is 4.18. The van der Waals surface area contributed by atoms with Crippen LogP contribution in [0.15, 0.2) is 18.2 Å². The third-order valence-electron chi connectivity index (χ3n) is 2.96. The van der Waals surface area contributed by atoms with Gasteiger partial charge in [-0.25, -0.2) is 0 Å². The molecule has 0 aromatic heterocycles. The van der Waals surface area contributed by atoms with E-state index in [1.807, 2.05) is 13.8 Å². The van der Waals surface area contributed by atoms with Gasteiger partial charge in [-0.15, -0.1) is 0 Å². The summed E-state index contributed by atoms with van der Waals surface area (Å²) in [4.78, 5) is 21.7. The molecule has 1 aromatic carbocycles. The molecule has 0 heterocycles. The predicted molar refractivity (Wildman–Crippen MR) is 79.2 cm³/mol. The Labute approximate surface area is 123 Å². The van der Waals surface area contributed by atoms with E-state index in [2.05, 4.69) is 5.32 Å². The van der Waals surface area contributed by atoms with Gasteiger partial charge >= 0.3 is 5.69 Å². The lowest BCUT2D eigenvalue weighted by Crippen LogP contribution is -2.42. The normalized spacial score (nSPS) is 11.9. The number of ether oxygens (including phenoxy) is 1. The molecule has 7 nitrogen and oxygen atoms in total. The van der Waals surface area contributed by atoms with Gasteiger partial charge in [0.25, 0.3) is 0 Å². The molecule has 0 aliphatic heterocycles. The molecule has 1 rings (SSSR count). The summed E-state index contributed by atoms with van der Waals surface area (Å²) in [5.41, 5.74) is 6.08. The Morgan fingerprint density at radius 2 is 2.24 bits per heavy atom. The van der Waals surface area contributed by atoms with Crippen LogP contribution in [-0.4, -0.2) is 30.0 Å². The second-order valence-electron chi connectivity index (χ2n) is 4.77. The third kappa shape index (κ3) is 5.39. The van der Waals surface area contributed by atoms with Crippen molar-refractivity contribution in [1.82, 2.24) is 5.32 Å². The van der Waals surface area contributed by atoms with Crippen molar-refractivity contribution in [2.75, 3.05) is 13.2 Å². The summed E-state index contributed by atoms with van der Waals surface area (Å²) < 4.78 is 5.45. The van der Waals surface area contributed by atoms with Crippen molar-refractivity contribution in [2.24, 2.45) is 5.73 Å². The monoisotopic (exact) mass is 295 g/mol. The number of nitrogens with zero attached hydrogens (tertiary/aromatic N) is 1. The lowest BCUT2D eigenvalue weighted by Gasteiger charge is -2.15. The van der Waals surface area contributed by atoms with E-state index < -0.39 is 16.9 Å². The summed E-state index contributed by atoms with van der Waals surface area (Å²) in [6.45, 7) is 4.66. The Bertz CT molecular complexity index is 505. The van der Waals surface area contributed by atoms with E-state index in [1.54, 1.807) is 12.1 Å². The van der Waals surface area contributed by atoms with E-state index in [-0.39, 0.29) is 18.0 Å². The average Bonchev–Trinajstić information content (AvgIpc) is 2.41. The Balaban J connectivity index is 2.64. The van der Waals surface area contributed by atoms with Crippen molar-refractivity contribution in [1.29, 1.82) is 0 Å². The number of benzene rings is 1. The zero-order valence-electron chi connectivity index (χ0n) is 12.3. The Morgan fingerprint density at radius 3 is 2.81 bits per heavy atom. The molecule has 0 fully saturated rings. The molecule has 1 aromatic rings. The van der Waals surface area contributed by atoms with Crippen LogP contribution in [-0.2, 0) is 4.79 Å². The predicted octanol–water partition coefficient (Wildman–Crippen LogP) is 1.53. The van der Waals surface area contributed by atoms with E-state index in [9.17, 15) is 14.9 Å². The Morgan fingerprint density at radius 1 is 1.52 bits per heavy atom. The number of rotatable bonds is 9. The molecule has 0 spiro atoms. The lowest BCUT2D eigenvalue weighted by molar-refractivity contribution is -0.385. The van der Waals surface area contributed by atoms with Crippen molar-refractivity contribution in [3.8, 4) is 5.75 Å². The number of carbonyl (C=O) groups is 1. The minimum atomic E-state index is -0.492. The Hall–Kier alpha value is -2.15. The second-order valence-corrected chi connectivity index (χ2v) is 4.77. The molecule has 7 heteroatoms. The van der Waals surface area contributed by atoms with Gasteiger partial charge in [0.15, 0.2) is 5.75 Å². The van der Waals surface area contributed by atoms with E-state index >= 15 is 0 Å². The highest BCUT2D eigenvalue weighted by atomic mass is 16.6. The summed E-state index contributed by atoms with van der Waals surface area (Å²) >= 11 is 0. The van der Waals surface area contributed by atoms with Crippen LogP contribution in [0.2, 0.25) is 0 Å². The first-order valence-electron chi connectivity index (χ1n) is 6.86. The maximum Gasteiger partial charge on any atom is 0.310 e. The van der Waals surface area contributed by atoms with Crippen molar-refractivity contribution < 1.29 is 14.5 Å². The van der Waals surface area contributed by atoms with Crippen molar-refractivity contribution in [3.05, 3.63) is 33.9 Å². The van der Waals surface area contributed by atoms with E-state index in [1.165, 1.54) is 6.07 Å². The molecule has 0 saturated heterocycles. The van der Waals surface area contributed by atoms with Gasteiger partial charge in [0.2, 0.25) is 5.91 Å². The number of carbonyl (C=O) groups excluding carboxylic acids is 1. The van der Waals surface area contributed by atoms with Gasteiger partial charge in [-0.3, -0.25) is 14.9 Å². The molecule has 0 aliphatic rings. The maximum absolute atomic E-state index is 11.3. The van der Waals surface area contributed by atoms with E-state index in [0.717, 1.165) is 12.0 Å². The highest BCUT2D eigenvalue weighted by molar-refractivity contribution is 5.79. The first kappa shape index (κ1) is 16.9. The van der Waals surface area contributed by atoms with Crippen LogP contribution in [0.5, 0.6) is 5.75 Å². The number of nitro groups is 1. The number of aryl methyl sites for hydroxylation is 1. The lowest BCUT2D eigenvalue weighted by atomic mass is 10.2. The van der Waals surface area contributed by atoms with Crippen LogP contribution in [0.1, 0.15) is 25.3 Å². The van der Waals surface area contributed by atoms with E-state index in [4.69, 9.17) is 10.5 Å². The molecule has 21 heavy (non-hydrogen) atoms. The molecule has 0 radical (unpaired) electrons. The van der Waals surface area contributed by atoms with Crippen LogP contribution in [0, 0.1) is 17.0 Å². The van der Waals surface area contributed by atoms with Crippen LogP contribution in [0.4, 0.5) is 5.69 Å². The summed E-state index contributed by atoms with van der Waals surface area (Å²) in [5.74, 6) is -0.246. The fraction of sp³-hybridized carbons (Fsp3) is 0.500. The van der Waals surface area contributed by atoms with Crippen molar-refractivity contribution in [3.63, 3.8) is 0 Å². The number of primary amides is 1. The van der Waals surface area contributed by atoms with Gasteiger partial charge in [-0.2, -0.15) is 0 Å². The second kappa shape index (κ2) is 8.21. The summed E-state index contributed by atoms with van der Waals surface area (Å²) in [6.07, 6.45) is 1.24. The Kier molecular flexibility index (Phi) is 6.61. The zero-order chi connectivity index (χ0) is 15.8. The number of amides is 1. The largest absolute Gasteiger partial charge is 0.487 e. The molecule has 0 saturated carbocycles. The van der Waals surface area contributed by atoms with Crippen LogP contribution < -0.4 is 15.8 Å². The highest BCUT2D eigenvalue weighted by Crippen LogP contribution is 2.27. The minimum Gasteiger partial charge on any atom is -0.487 e. The highest BCUT2D eigenvalue weighted by Gasteiger charge is 2.17. The first-order valence-corrected chi connectivity index (χ1v) is 6.86. The summed E-state index contributed by atoms with van der Waals surface area (Å²) in [7, 11) is 0. The fourth-order valence-corrected chi connectivity index (χ4v) is 1.84. The fourth-order valence-electron chi connectivity index (χ4n) is 1.84. The SMILES string of the molecule is CCCNC(CCOc1cc(C)ccc1[N+](=O)[O-])C(N)=O. The molecule has 1 unspecified atom stereocenters. The minimum absolute atomic E-state index is 0.0854. The topological polar surface area (TPSA) is 107 Å². The number of nitrogens with two attached hydrogens (primary N) is 1. The van der Waals surface area contributed by atoms with Gasteiger partial charge in [0.05, 0.1) is 17.6 Å². The molecule has 3 N–H and O–H groups in total. The first-order chi connectivity index (χ1) is 9.95. The van der Waals surface area contributed by atoms with Crippen LogP contribution >= 0.6 is 0 Å². The number of hydrogen-bond donors (Lipinski definition) is 2. The van der Waals surface area contributed by atoms with Crippen molar-refractivity contribution in [2.45, 2.75) is 32.7 Å². The molecule has 0 bridgehead atoms. The number of nitrogens with one attached hydrogen (secondary N) is 1. The smallest absolute Gasteiger partial charge is 0.310 e. The standard InChI is InChI=1S/C14H21N3O4/c1-3-7-16-11(14(15)18)6-8-21-13-9-10(2)4-5-12(13)17(19)20/h4-5,9,11,16H,3,6-8H2,1-2H3,(H2,15,18). The maximum atomic E-state index is 11.3. The van der Waals surface area contributed by atoms with Crippen LogP contribution in [0.3, 0.4) is 0 Å². The third-order valence-corrected chi connectivity index (χ3v) is 2.96. The molecular weight excluding hydrogens is 274 g/mol. The molecule has 1 amide bonds. The van der Waals surface area contributed by atoms with Gasteiger partial charge in [-0.1, -0.05) is 13.0 Å². The molecule has 116 valence electrons. The van der Waals surface area contributed by atoms with Gasteiger partial charge in [0, 0.05) is 12.5 Å². The number of nitro benzene ring substituents is 1. The number of hydrogen-bond acceptors (Lipinski definition) is 5. The molecule has 1 atom stereocenters. The van der Waals surface area contributed by atoms with Gasteiger partial charge in [-0.05, 0) is 31.5 Å². The van der Waals surface area contributed by atoms with Gasteiger partial charge < -0.3 is 15.8 Å². The zero-order valence-corrected chi connectivity index (χ0v) is 12.3. The summed E-state index contributed by atoms with van der Waals surface area (Å²) in [5, 5.41) is 13.9. The molecular formula is C14H21N3O4. The molecule has 0 aliphatic carbocycles. The van der Waals surface area contributed by atoms with E-state index in [0.29, 0.717) is 13.0 Å². The van der Waals surface area contributed by atoms with Crippen LogP contribution in [0.25, 0.3) is 0 Å². The van der Waals surface area contributed by atoms with Gasteiger partial charge in [0.1, 0.15) is 0 Å². The average molecular weight is 295 g/mol. The quantitative estimate of drug-likeness (QED) is 0.530. The van der Waals surface area contributed by atoms with Crippen molar-refractivity contribution >= 4 is 11.6 Å².